The Kier molecular flexibility index (Phi) is 10.3. The Hall–Kier alpha value is -4.40. The van der Waals surface area contributed by atoms with Crippen LogP contribution < -0.4 is 5.32 Å². The Morgan fingerprint density at radius 2 is 1.75 bits per heavy atom. The summed E-state index contributed by atoms with van der Waals surface area (Å²) >= 11 is 3.62. The number of aromatic nitrogens is 3. The van der Waals surface area contributed by atoms with Gasteiger partial charge in [-0.3, -0.25) is 19.2 Å². The summed E-state index contributed by atoms with van der Waals surface area (Å²) in [6.45, 7) is 0.617. The molecule has 14 heteroatoms. The maximum Gasteiger partial charge on any atom is 0.313 e. The molecule has 3 amide bonds. The lowest BCUT2D eigenvalue weighted by Gasteiger charge is -2.35. The van der Waals surface area contributed by atoms with Crippen LogP contribution >= 0.6 is 15.9 Å². The lowest BCUT2D eigenvalue weighted by atomic mass is 9.74. The Labute approximate surface area is 303 Å². The molecule has 0 aliphatic carbocycles. The molecule has 0 radical (unpaired) electrons. The van der Waals surface area contributed by atoms with E-state index in [9.17, 15) is 19.5 Å². The van der Waals surface area contributed by atoms with Gasteiger partial charge >= 0.3 is 5.97 Å². The van der Waals surface area contributed by atoms with E-state index in [1.807, 2.05) is 66.7 Å². The van der Waals surface area contributed by atoms with Crippen LogP contribution in [-0.2, 0) is 35.3 Å². The van der Waals surface area contributed by atoms with Gasteiger partial charge in [-0.25, -0.2) is 4.68 Å². The number of carbonyl (C=O) groups excluding carboxylic acids is 4. The van der Waals surface area contributed by atoms with Gasteiger partial charge in [-0.2, -0.15) is 0 Å². The number of nitrogens with zero attached hydrogens (tertiary/aromatic N) is 5. The summed E-state index contributed by atoms with van der Waals surface area (Å²) in [5.74, 6) is -3.59. The number of hydrogen-bond donors (Lipinski definition) is 2. The number of halogens is 1. The second-order valence-electron chi connectivity index (χ2n) is 13.4. The molecule has 5 bridgehead atoms. The second-order valence-corrected chi connectivity index (χ2v) is 14.3. The van der Waals surface area contributed by atoms with Gasteiger partial charge in [0.1, 0.15) is 42.0 Å². The number of carbonyl (C=O) groups is 4. The first-order chi connectivity index (χ1) is 24.8. The van der Waals surface area contributed by atoms with Crippen LogP contribution in [0.3, 0.4) is 0 Å². The molecule has 2 fully saturated rings. The van der Waals surface area contributed by atoms with Crippen molar-refractivity contribution in [3.05, 3.63) is 82.9 Å². The zero-order valence-electron chi connectivity index (χ0n) is 28.1. The molecule has 0 unspecified atom stereocenters. The van der Waals surface area contributed by atoms with Crippen molar-refractivity contribution in [3.8, 4) is 0 Å². The van der Waals surface area contributed by atoms with Crippen LogP contribution in [-0.4, -0.2) is 97.6 Å². The van der Waals surface area contributed by atoms with E-state index >= 15 is 4.79 Å². The monoisotopic (exact) mass is 760 g/mol. The fraction of sp³-hybridized carbons (Fsp3) is 0.459. The minimum absolute atomic E-state index is 0.0402. The number of para-hydroxylation sites is 1. The Morgan fingerprint density at radius 1 is 0.961 bits per heavy atom. The van der Waals surface area contributed by atoms with E-state index in [1.54, 1.807) is 20.6 Å². The van der Waals surface area contributed by atoms with Gasteiger partial charge in [0.05, 0.1) is 18.0 Å². The van der Waals surface area contributed by atoms with Crippen LogP contribution in [0.2, 0.25) is 0 Å². The number of benzene rings is 2. The van der Waals surface area contributed by atoms with E-state index < -0.39 is 41.7 Å². The summed E-state index contributed by atoms with van der Waals surface area (Å²) in [4.78, 5) is 60.0. The molecule has 4 aliphatic rings. The Bertz CT molecular complexity index is 1850. The Balaban J connectivity index is 1.28. The van der Waals surface area contributed by atoms with Crippen molar-refractivity contribution >= 4 is 50.7 Å². The minimum atomic E-state index is -1.43. The molecule has 1 aromatic heterocycles. The number of fused-ring (bicyclic) bond motifs is 3. The van der Waals surface area contributed by atoms with Gasteiger partial charge in [0.25, 0.3) is 5.91 Å². The average molecular weight is 762 g/mol. The zero-order valence-corrected chi connectivity index (χ0v) is 29.7. The second kappa shape index (κ2) is 15.1. The summed E-state index contributed by atoms with van der Waals surface area (Å²) < 4.78 is 15.0. The SMILES string of the molecule is O=C1CC/C=C\CN(Cn2nnc3ccccc32)C(=O)[C@H]2N(CCCCCCO)C(=O)[C@@H]3[C@@H](C(=O)O[C@@H](c4ccccc4)CN1)[C@@H]1O[C@@]32C=C1Br. The van der Waals surface area contributed by atoms with Crippen LogP contribution in [0.15, 0.2) is 77.3 Å². The summed E-state index contributed by atoms with van der Waals surface area (Å²) in [6.07, 6.45) is 7.25. The molecule has 7 rings (SSSR count). The van der Waals surface area contributed by atoms with Gasteiger partial charge in [-0.1, -0.05) is 88.6 Å². The number of esters is 1. The maximum absolute atomic E-state index is 15.1. The van der Waals surface area contributed by atoms with E-state index in [0.717, 1.165) is 18.4 Å². The van der Waals surface area contributed by atoms with Gasteiger partial charge < -0.3 is 29.7 Å². The predicted octanol–water partition coefficient (Wildman–Crippen LogP) is 3.39. The lowest BCUT2D eigenvalue weighted by molar-refractivity contribution is -0.160. The third-order valence-electron chi connectivity index (χ3n) is 10.2. The molecule has 2 aromatic carbocycles. The summed E-state index contributed by atoms with van der Waals surface area (Å²) in [5, 5.41) is 20.8. The number of aliphatic hydroxyl groups is 1. The molecule has 6 atom stereocenters. The quantitative estimate of drug-likeness (QED) is 0.190. The van der Waals surface area contributed by atoms with Crippen molar-refractivity contribution in [1.82, 2.24) is 30.1 Å². The van der Waals surface area contributed by atoms with Crippen molar-refractivity contribution in [2.75, 3.05) is 26.2 Å². The number of nitrogens with one attached hydrogen (secondary N) is 1. The number of rotatable bonds is 9. The molecule has 1 spiro atoms. The highest BCUT2D eigenvalue weighted by atomic mass is 79.9. The summed E-state index contributed by atoms with van der Waals surface area (Å²) in [6, 6.07) is 15.5. The van der Waals surface area contributed by atoms with Crippen molar-refractivity contribution < 1.29 is 33.8 Å². The van der Waals surface area contributed by atoms with E-state index in [4.69, 9.17) is 9.47 Å². The fourth-order valence-corrected chi connectivity index (χ4v) is 8.51. The normalized spacial score (nSPS) is 28.9. The van der Waals surface area contributed by atoms with Crippen LogP contribution in [0, 0.1) is 11.8 Å². The number of unbranched alkanes of at least 4 members (excludes halogenated alkanes) is 3. The van der Waals surface area contributed by atoms with Crippen molar-refractivity contribution in [3.63, 3.8) is 0 Å². The highest BCUT2D eigenvalue weighted by molar-refractivity contribution is 9.11. The number of ether oxygens (including phenoxy) is 2. The molecule has 2 saturated heterocycles. The van der Waals surface area contributed by atoms with Crippen LogP contribution in [0.1, 0.15) is 50.2 Å². The van der Waals surface area contributed by atoms with Gasteiger partial charge in [-0.05, 0) is 43.0 Å². The largest absolute Gasteiger partial charge is 0.455 e. The topological polar surface area (TPSA) is 156 Å². The first-order valence-electron chi connectivity index (χ1n) is 17.5. The highest BCUT2D eigenvalue weighted by Gasteiger charge is 2.74. The number of hydrogen-bond acceptors (Lipinski definition) is 9. The van der Waals surface area contributed by atoms with Crippen molar-refractivity contribution in [1.29, 1.82) is 0 Å². The Morgan fingerprint density at radius 3 is 2.57 bits per heavy atom. The van der Waals surface area contributed by atoms with E-state index in [1.165, 1.54) is 0 Å². The molecule has 2 N–H and O–H groups in total. The zero-order chi connectivity index (χ0) is 35.5. The number of allylic oxidation sites excluding steroid dienone is 1. The molecule has 4 aliphatic heterocycles. The molecular weight excluding hydrogens is 720 g/mol. The molecule has 13 nitrogen and oxygen atoms in total. The molecule has 3 aromatic rings. The van der Waals surface area contributed by atoms with Crippen LogP contribution in [0.4, 0.5) is 0 Å². The standard InChI is InChI=1S/C37H41BrN6O7/c38-25-21-37-31-30(32(25)51-37)36(49)50-28(24-13-5-3-6-14-24)22-39-29(46)17-7-4-10-18-42(23-44-27-16-9-8-15-26(27)40-41-44)35(48)33(37)43(34(31)47)19-11-1-2-12-20-45/h3-6,8-10,13-16,21,28,30-33,45H,1-2,7,11-12,17-20,22-23H2,(H,39,46)/b10-4-/t28-,30-,31+,32-,33-,37+/m1/s1. The van der Waals surface area contributed by atoms with Crippen LogP contribution in [0.25, 0.3) is 11.0 Å². The summed E-state index contributed by atoms with van der Waals surface area (Å²) in [5.41, 5.74) is 0.688. The van der Waals surface area contributed by atoms with Gasteiger partial charge in [0.2, 0.25) is 11.8 Å². The molecule has 268 valence electrons. The van der Waals surface area contributed by atoms with Gasteiger partial charge in [0, 0.05) is 30.6 Å². The first-order valence-corrected chi connectivity index (χ1v) is 18.3. The summed E-state index contributed by atoms with van der Waals surface area (Å²) in [7, 11) is 0. The van der Waals surface area contributed by atoms with Crippen LogP contribution in [0.5, 0.6) is 0 Å². The van der Waals surface area contributed by atoms with E-state index in [0.29, 0.717) is 34.8 Å². The predicted molar refractivity (Wildman–Crippen MR) is 189 cm³/mol. The molecule has 5 heterocycles. The van der Waals surface area contributed by atoms with E-state index in [2.05, 4.69) is 31.6 Å². The third-order valence-corrected chi connectivity index (χ3v) is 10.9. The van der Waals surface area contributed by atoms with Crippen molar-refractivity contribution in [2.24, 2.45) is 11.8 Å². The average Bonchev–Trinajstić information content (AvgIpc) is 3.86. The molecule has 51 heavy (non-hydrogen) atoms. The van der Waals surface area contributed by atoms with Gasteiger partial charge in [-0.15, -0.1) is 5.10 Å². The van der Waals surface area contributed by atoms with Gasteiger partial charge in [0.15, 0.2) is 0 Å². The number of cyclic esters (lactones) is 1. The third kappa shape index (κ3) is 6.72. The van der Waals surface area contributed by atoms with E-state index in [-0.39, 0.29) is 57.1 Å². The maximum atomic E-state index is 15.1. The number of likely N-dealkylation sites (tertiary alicyclic amines) is 1. The molecular formula is C37H41BrN6O7. The van der Waals surface area contributed by atoms with Crippen molar-refractivity contribution in [2.45, 2.75) is 69.0 Å². The number of aliphatic hydroxyl groups excluding tert-OH is 1. The highest BCUT2D eigenvalue weighted by Crippen LogP contribution is 2.59. The fourth-order valence-electron chi connectivity index (χ4n) is 7.77. The lowest BCUT2D eigenvalue weighted by Crippen LogP contribution is -2.56. The number of amides is 3. The minimum Gasteiger partial charge on any atom is -0.455 e. The molecule has 0 saturated carbocycles. The first kappa shape index (κ1) is 35.0. The smallest absolute Gasteiger partial charge is 0.313 e.